The third-order valence-electron chi connectivity index (χ3n) is 1.90. The van der Waals surface area contributed by atoms with Crippen LogP contribution in [0.3, 0.4) is 0 Å². The summed E-state index contributed by atoms with van der Waals surface area (Å²) < 4.78 is 11.1. The van der Waals surface area contributed by atoms with E-state index in [-0.39, 0.29) is 0 Å². The molecule has 4 heteroatoms. The molecule has 0 radical (unpaired) electrons. The van der Waals surface area contributed by atoms with Crippen LogP contribution in [0.15, 0.2) is 35.2 Å². The van der Waals surface area contributed by atoms with E-state index in [1.54, 1.807) is 12.1 Å². The summed E-state index contributed by atoms with van der Waals surface area (Å²) in [6.45, 7) is 0. The van der Waals surface area contributed by atoms with Crippen molar-refractivity contribution in [2.45, 2.75) is 6.29 Å². The highest BCUT2D eigenvalue weighted by atomic mass is 79.9. The van der Waals surface area contributed by atoms with Crippen molar-refractivity contribution in [3.05, 3.63) is 46.3 Å². The molecule has 0 bridgehead atoms. The number of hydrogen-bond acceptors (Lipinski definition) is 3. The van der Waals surface area contributed by atoms with Crippen LogP contribution in [-0.2, 0) is 9.47 Å². The Morgan fingerprint density at radius 2 is 2.00 bits per heavy atom. The van der Waals surface area contributed by atoms with Crippen LogP contribution in [0.2, 0.25) is 0 Å². The van der Waals surface area contributed by atoms with E-state index in [0.29, 0.717) is 10.0 Å². The summed E-state index contributed by atoms with van der Waals surface area (Å²) in [5.41, 5.74) is 1.39. The zero-order valence-electron chi connectivity index (χ0n) is 7.14. The number of aldehydes is 1. The van der Waals surface area contributed by atoms with E-state index in [2.05, 4.69) is 15.9 Å². The number of benzene rings is 1. The van der Waals surface area contributed by atoms with Crippen molar-refractivity contribution in [2.75, 3.05) is 0 Å². The predicted molar refractivity (Wildman–Crippen MR) is 53.6 cm³/mol. The van der Waals surface area contributed by atoms with Gasteiger partial charge in [-0.25, -0.2) is 0 Å². The normalized spacial score (nSPS) is 14.9. The standard InChI is InChI=1S/C10H7BrO3/c11-9-7(6-12)2-1-3-8(9)10-13-4-5-14-10/h1-6,10H. The van der Waals surface area contributed by atoms with E-state index in [4.69, 9.17) is 9.47 Å². The van der Waals surface area contributed by atoms with Crippen LogP contribution in [0.5, 0.6) is 0 Å². The topological polar surface area (TPSA) is 35.5 Å². The number of carbonyl (C=O) groups is 1. The van der Waals surface area contributed by atoms with Gasteiger partial charge in [-0.1, -0.05) is 18.2 Å². The quantitative estimate of drug-likeness (QED) is 0.762. The molecule has 3 nitrogen and oxygen atoms in total. The van der Waals surface area contributed by atoms with Crippen LogP contribution in [0.25, 0.3) is 0 Å². The highest BCUT2D eigenvalue weighted by Crippen LogP contribution is 2.31. The third-order valence-corrected chi connectivity index (χ3v) is 2.81. The number of hydrogen-bond donors (Lipinski definition) is 0. The second-order valence-corrected chi connectivity index (χ2v) is 3.54. The highest BCUT2D eigenvalue weighted by molar-refractivity contribution is 9.10. The Bertz CT molecular complexity index is 379. The molecule has 1 aromatic carbocycles. The first-order valence-electron chi connectivity index (χ1n) is 4.02. The molecule has 0 fully saturated rings. The van der Waals surface area contributed by atoms with Gasteiger partial charge in [0.2, 0.25) is 0 Å². The van der Waals surface area contributed by atoms with Crippen molar-refractivity contribution in [1.82, 2.24) is 0 Å². The van der Waals surface area contributed by atoms with Crippen molar-refractivity contribution in [1.29, 1.82) is 0 Å². The van der Waals surface area contributed by atoms with E-state index >= 15 is 0 Å². The SMILES string of the molecule is O=Cc1cccc(C2OC=CO2)c1Br. The molecule has 0 N–H and O–H groups in total. The Hall–Kier alpha value is -1.29. The van der Waals surface area contributed by atoms with Crippen molar-refractivity contribution >= 4 is 22.2 Å². The average Bonchev–Trinajstić information content (AvgIpc) is 2.71. The number of halogens is 1. The van der Waals surface area contributed by atoms with Gasteiger partial charge in [0.15, 0.2) is 6.29 Å². The summed E-state index contributed by atoms with van der Waals surface area (Å²) >= 11 is 3.33. The zero-order valence-corrected chi connectivity index (χ0v) is 8.73. The highest BCUT2D eigenvalue weighted by Gasteiger charge is 2.19. The molecular formula is C10H7BrO3. The zero-order chi connectivity index (χ0) is 9.97. The second-order valence-electron chi connectivity index (χ2n) is 2.74. The summed E-state index contributed by atoms with van der Waals surface area (Å²) in [6.07, 6.45) is 3.29. The lowest BCUT2D eigenvalue weighted by Crippen LogP contribution is -2.00. The Morgan fingerprint density at radius 1 is 1.29 bits per heavy atom. The first kappa shape index (κ1) is 9.27. The fraction of sp³-hybridized carbons (Fsp3) is 0.100. The fourth-order valence-corrected chi connectivity index (χ4v) is 1.77. The first-order valence-corrected chi connectivity index (χ1v) is 4.82. The van der Waals surface area contributed by atoms with Crippen LogP contribution < -0.4 is 0 Å². The van der Waals surface area contributed by atoms with Crippen LogP contribution in [0.1, 0.15) is 22.2 Å². The lowest BCUT2D eigenvalue weighted by molar-refractivity contribution is -0.0251. The Kier molecular flexibility index (Phi) is 2.54. The van der Waals surface area contributed by atoms with Gasteiger partial charge in [-0.2, -0.15) is 0 Å². The van der Waals surface area contributed by atoms with Gasteiger partial charge in [0.25, 0.3) is 6.29 Å². The molecule has 1 aromatic rings. The Morgan fingerprint density at radius 3 is 2.64 bits per heavy atom. The van der Waals surface area contributed by atoms with Gasteiger partial charge >= 0.3 is 0 Å². The molecule has 0 unspecified atom stereocenters. The molecule has 72 valence electrons. The number of ether oxygens (including phenoxy) is 2. The number of carbonyl (C=O) groups excluding carboxylic acids is 1. The molecule has 0 saturated heterocycles. The summed E-state index contributed by atoms with van der Waals surface area (Å²) in [4.78, 5) is 10.7. The van der Waals surface area contributed by atoms with Crippen molar-refractivity contribution < 1.29 is 14.3 Å². The van der Waals surface area contributed by atoms with Crippen molar-refractivity contribution in [3.63, 3.8) is 0 Å². The minimum atomic E-state index is -0.454. The molecule has 0 amide bonds. The molecule has 14 heavy (non-hydrogen) atoms. The van der Waals surface area contributed by atoms with Crippen molar-refractivity contribution in [3.8, 4) is 0 Å². The van der Waals surface area contributed by atoms with Gasteiger partial charge in [0.05, 0.1) is 0 Å². The summed E-state index contributed by atoms with van der Waals surface area (Å²) in [6, 6.07) is 5.35. The molecule has 0 saturated carbocycles. The van der Waals surface area contributed by atoms with Gasteiger partial charge in [0, 0.05) is 15.6 Å². The van der Waals surface area contributed by atoms with Crippen LogP contribution in [0.4, 0.5) is 0 Å². The maximum Gasteiger partial charge on any atom is 0.267 e. The summed E-state index contributed by atoms with van der Waals surface area (Å²) in [5, 5.41) is 0. The van der Waals surface area contributed by atoms with Crippen molar-refractivity contribution in [2.24, 2.45) is 0 Å². The van der Waals surface area contributed by atoms with E-state index in [1.807, 2.05) is 6.07 Å². The summed E-state index contributed by atoms with van der Waals surface area (Å²) in [7, 11) is 0. The maximum atomic E-state index is 10.7. The second kappa shape index (κ2) is 3.84. The lowest BCUT2D eigenvalue weighted by atomic mass is 10.1. The average molecular weight is 255 g/mol. The van der Waals surface area contributed by atoms with E-state index in [1.165, 1.54) is 12.5 Å². The van der Waals surface area contributed by atoms with E-state index < -0.39 is 6.29 Å². The minimum Gasteiger partial charge on any atom is -0.455 e. The molecular weight excluding hydrogens is 248 g/mol. The molecule has 0 atom stereocenters. The van der Waals surface area contributed by atoms with E-state index in [9.17, 15) is 4.79 Å². The minimum absolute atomic E-state index is 0.454. The molecule has 1 heterocycles. The number of rotatable bonds is 2. The third kappa shape index (κ3) is 1.53. The predicted octanol–water partition coefficient (Wildman–Crippen LogP) is 2.78. The van der Waals surface area contributed by atoms with Gasteiger partial charge in [-0.15, -0.1) is 0 Å². The molecule has 0 spiro atoms. The monoisotopic (exact) mass is 254 g/mol. The first-order chi connectivity index (χ1) is 6.83. The smallest absolute Gasteiger partial charge is 0.267 e. The Labute approximate surface area is 89.5 Å². The molecule has 0 aliphatic carbocycles. The van der Waals surface area contributed by atoms with Gasteiger partial charge < -0.3 is 9.47 Å². The molecule has 2 rings (SSSR count). The maximum absolute atomic E-state index is 10.7. The van der Waals surface area contributed by atoms with Crippen LogP contribution in [0, 0.1) is 0 Å². The van der Waals surface area contributed by atoms with Gasteiger partial charge in [0.1, 0.15) is 12.5 Å². The van der Waals surface area contributed by atoms with E-state index in [0.717, 1.165) is 11.8 Å². The molecule has 1 aliphatic heterocycles. The van der Waals surface area contributed by atoms with Gasteiger partial charge in [-0.05, 0) is 15.9 Å². The fourth-order valence-electron chi connectivity index (χ4n) is 1.23. The Balaban J connectivity index is 2.37. The largest absolute Gasteiger partial charge is 0.455 e. The lowest BCUT2D eigenvalue weighted by Gasteiger charge is -2.12. The molecule has 0 aromatic heterocycles. The van der Waals surface area contributed by atoms with Crippen LogP contribution >= 0.6 is 15.9 Å². The summed E-state index contributed by atoms with van der Waals surface area (Å²) in [5.74, 6) is 0. The molecule has 1 aliphatic rings. The van der Waals surface area contributed by atoms with Gasteiger partial charge in [-0.3, -0.25) is 4.79 Å². The van der Waals surface area contributed by atoms with Crippen LogP contribution in [-0.4, -0.2) is 6.29 Å².